The normalized spacial score (nSPS) is 12.1. The van der Waals surface area contributed by atoms with Crippen molar-refractivity contribution >= 4 is 33.2 Å². The van der Waals surface area contributed by atoms with Crippen LogP contribution in [-0.4, -0.2) is 38.0 Å². The quantitative estimate of drug-likeness (QED) is 0.784. The summed E-state index contributed by atoms with van der Waals surface area (Å²) in [6.45, 7) is 0.483. The zero-order chi connectivity index (χ0) is 14.5. The second-order valence-corrected chi connectivity index (χ2v) is 6.96. The summed E-state index contributed by atoms with van der Waals surface area (Å²) in [6, 6.07) is 4.60. The molecule has 0 atom stereocenters. The fourth-order valence-corrected chi connectivity index (χ4v) is 3.92. The highest BCUT2D eigenvalue weighted by Crippen LogP contribution is 2.31. The third-order valence-corrected chi connectivity index (χ3v) is 5.53. The van der Waals surface area contributed by atoms with E-state index in [9.17, 15) is 8.42 Å². The molecule has 0 fully saturated rings. The molecule has 0 unspecified atom stereocenters. The van der Waals surface area contributed by atoms with E-state index in [2.05, 4.69) is 0 Å². The van der Waals surface area contributed by atoms with E-state index in [1.54, 1.807) is 6.07 Å². The van der Waals surface area contributed by atoms with Crippen LogP contribution in [0.25, 0.3) is 0 Å². The van der Waals surface area contributed by atoms with Crippen molar-refractivity contribution in [3.63, 3.8) is 0 Å². The van der Waals surface area contributed by atoms with Crippen LogP contribution in [0.4, 0.5) is 0 Å². The van der Waals surface area contributed by atoms with Crippen molar-refractivity contribution < 1.29 is 13.5 Å². The van der Waals surface area contributed by atoms with Gasteiger partial charge < -0.3 is 5.11 Å². The second kappa shape index (κ2) is 7.45. The molecular formula is C12H17Cl2NO3S. The van der Waals surface area contributed by atoms with Gasteiger partial charge in [0.05, 0.1) is 10.0 Å². The van der Waals surface area contributed by atoms with Gasteiger partial charge in [0.2, 0.25) is 10.0 Å². The fourth-order valence-electron chi connectivity index (χ4n) is 1.63. The van der Waals surface area contributed by atoms with Gasteiger partial charge in [-0.1, -0.05) is 29.3 Å². The third kappa shape index (κ3) is 4.33. The molecule has 0 amide bonds. The number of sulfonamides is 1. The minimum absolute atomic E-state index is 0.0528. The predicted octanol–water partition coefficient (Wildman–Crippen LogP) is 2.78. The summed E-state index contributed by atoms with van der Waals surface area (Å²) < 4.78 is 25.9. The maximum Gasteiger partial charge on any atom is 0.245 e. The predicted molar refractivity (Wildman–Crippen MR) is 77.2 cm³/mol. The Kier molecular flexibility index (Phi) is 6.56. The molecule has 0 saturated carbocycles. The third-order valence-electron chi connectivity index (χ3n) is 2.72. The summed E-state index contributed by atoms with van der Waals surface area (Å²) in [5, 5.41) is 8.92. The Labute approximate surface area is 124 Å². The largest absolute Gasteiger partial charge is 0.396 e. The van der Waals surface area contributed by atoms with E-state index < -0.39 is 10.0 Å². The Bertz CT molecular complexity index is 499. The average molecular weight is 326 g/mol. The highest BCUT2D eigenvalue weighted by Gasteiger charge is 2.25. The van der Waals surface area contributed by atoms with Gasteiger partial charge in [-0.2, -0.15) is 0 Å². The summed E-state index contributed by atoms with van der Waals surface area (Å²) in [5.74, 6) is 0. The number of halogens is 2. The molecule has 0 aliphatic rings. The van der Waals surface area contributed by atoms with Crippen LogP contribution in [0.15, 0.2) is 23.1 Å². The second-order valence-electron chi connectivity index (χ2n) is 4.16. The summed E-state index contributed by atoms with van der Waals surface area (Å²) in [4.78, 5) is -0.0528. The van der Waals surface area contributed by atoms with Crippen molar-refractivity contribution in [2.75, 3.05) is 20.2 Å². The first kappa shape index (κ1) is 16.7. The summed E-state index contributed by atoms with van der Waals surface area (Å²) in [6.07, 6.45) is 2.12. The molecule has 0 heterocycles. The number of benzene rings is 1. The fraction of sp³-hybridized carbons (Fsp3) is 0.500. The zero-order valence-corrected chi connectivity index (χ0v) is 13.0. The molecule has 0 aliphatic heterocycles. The van der Waals surface area contributed by atoms with Crippen molar-refractivity contribution in [1.29, 1.82) is 0 Å². The van der Waals surface area contributed by atoms with Gasteiger partial charge in [-0.05, 0) is 31.4 Å². The molecule has 0 aromatic heterocycles. The number of hydrogen-bond donors (Lipinski definition) is 1. The van der Waals surface area contributed by atoms with Crippen molar-refractivity contribution in [2.45, 2.75) is 24.2 Å². The van der Waals surface area contributed by atoms with E-state index in [0.717, 1.165) is 6.42 Å². The van der Waals surface area contributed by atoms with Gasteiger partial charge in [-0.3, -0.25) is 0 Å². The van der Waals surface area contributed by atoms with Gasteiger partial charge in [0.25, 0.3) is 0 Å². The van der Waals surface area contributed by atoms with Crippen LogP contribution in [0, 0.1) is 0 Å². The Hall–Kier alpha value is -0.330. The SMILES string of the molecule is CN(CCCCCO)S(=O)(=O)c1c(Cl)cccc1Cl. The van der Waals surface area contributed by atoms with Gasteiger partial charge in [0.15, 0.2) is 0 Å². The maximum absolute atomic E-state index is 12.3. The van der Waals surface area contributed by atoms with Gasteiger partial charge in [-0.15, -0.1) is 0 Å². The van der Waals surface area contributed by atoms with E-state index in [1.807, 2.05) is 0 Å². The van der Waals surface area contributed by atoms with Gasteiger partial charge >= 0.3 is 0 Å². The average Bonchev–Trinajstić information content (AvgIpc) is 2.33. The molecule has 108 valence electrons. The van der Waals surface area contributed by atoms with Gasteiger partial charge in [0.1, 0.15) is 4.90 Å². The Morgan fingerprint density at radius 2 is 1.74 bits per heavy atom. The van der Waals surface area contributed by atoms with Gasteiger partial charge in [-0.25, -0.2) is 12.7 Å². The lowest BCUT2D eigenvalue weighted by atomic mass is 10.2. The lowest BCUT2D eigenvalue weighted by Crippen LogP contribution is -2.28. The monoisotopic (exact) mass is 325 g/mol. The molecule has 0 radical (unpaired) electrons. The van der Waals surface area contributed by atoms with Gasteiger partial charge in [0, 0.05) is 20.2 Å². The van der Waals surface area contributed by atoms with E-state index in [-0.39, 0.29) is 21.5 Å². The number of hydrogen-bond acceptors (Lipinski definition) is 3. The van der Waals surface area contributed by atoms with Crippen molar-refractivity contribution in [3.8, 4) is 0 Å². The molecule has 0 aliphatic carbocycles. The Morgan fingerprint density at radius 1 is 1.16 bits per heavy atom. The molecule has 1 rings (SSSR count). The standard InChI is InChI=1S/C12H17Cl2NO3S/c1-15(8-3-2-4-9-16)19(17,18)12-10(13)6-5-7-11(12)14/h5-7,16H,2-4,8-9H2,1H3. The van der Waals surface area contributed by atoms with Crippen LogP contribution >= 0.6 is 23.2 Å². The van der Waals surface area contributed by atoms with E-state index >= 15 is 0 Å². The Balaban J connectivity index is 2.85. The molecule has 0 spiro atoms. The molecule has 4 nitrogen and oxygen atoms in total. The summed E-state index contributed by atoms with van der Waals surface area (Å²) >= 11 is 11.8. The molecule has 1 N–H and O–H groups in total. The van der Waals surface area contributed by atoms with Crippen molar-refractivity contribution in [3.05, 3.63) is 28.2 Å². The number of aliphatic hydroxyl groups excluding tert-OH is 1. The van der Waals surface area contributed by atoms with Crippen LogP contribution in [0.3, 0.4) is 0 Å². The first-order valence-electron chi connectivity index (χ1n) is 5.92. The number of nitrogens with zero attached hydrogens (tertiary/aromatic N) is 1. The van der Waals surface area contributed by atoms with Crippen LogP contribution in [-0.2, 0) is 10.0 Å². The minimum Gasteiger partial charge on any atom is -0.396 e. The van der Waals surface area contributed by atoms with Crippen LogP contribution in [0.5, 0.6) is 0 Å². The molecule has 0 bridgehead atoms. The van der Waals surface area contributed by atoms with Crippen LogP contribution < -0.4 is 0 Å². The molecule has 1 aromatic rings. The highest BCUT2D eigenvalue weighted by atomic mass is 35.5. The number of rotatable bonds is 7. The van der Waals surface area contributed by atoms with Crippen molar-refractivity contribution in [1.82, 2.24) is 4.31 Å². The lowest BCUT2D eigenvalue weighted by molar-refractivity contribution is 0.281. The minimum atomic E-state index is -3.68. The smallest absolute Gasteiger partial charge is 0.245 e. The zero-order valence-electron chi connectivity index (χ0n) is 10.6. The number of unbranched alkanes of at least 4 members (excludes halogenated alkanes) is 2. The topological polar surface area (TPSA) is 57.6 Å². The molecular weight excluding hydrogens is 309 g/mol. The molecule has 7 heteroatoms. The van der Waals surface area contributed by atoms with Crippen molar-refractivity contribution in [2.24, 2.45) is 0 Å². The molecule has 19 heavy (non-hydrogen) atoms. The first-order chi connectivity index (χ1) is 8.91. The maximum atomic E-state index is 12.3. The highest BCUT2D eigenvalue weighted by molar-refractivity contribution is 7.89. The first-order valence-corrected chi connectivity index (χ1v) is 8.12. The summed E-state index contributed by atoms with van der Waals surface area (Å²) in [5.41, 5.74) is 0. The Morgan fingerprint density at radius 3 is 2.26 bits per heavy atom. The van der Waals surface area contributed by atoms with E-state index in [1.165, 1.54) is 23.5 Å². The molecule has 0 saturated heterocycles. The number of aliphatic hydroxyl groups is 1. The van der Waals surface area contributed by atoms with Crippen LogP contribution in [0.2, 0.25) is 10.0 Å². The lowest BCUT2D eigenvalue weighted by Gasteiger charge is -2.18. The molecule has 1 aromatic carbocycles. The summed E-state index contributed by atoms with van der Waals surface area (Å²) in [7, 11) is -2.19. The van der Waals surface area contributed by atoms with E-state index in [0.29, 0.717) is 19.4 Å². The van der Waals surface area contributed by atoms with E-state index in [4.69, 9.17) is 28.3 Å². The van der Waals surface area contributed by atoms with Crippen LogP contribution in [0.1, 0.15) is 19.3 Å².